The summed E-state index contributed by atoms with van der Waals surface area (Å²) in [6, 6.07) is 5.94. The number of hydrogen-bond donors (Lipinski definition) is 1. The minimum absolute atomic E-state index is 0.0701. The molecule has 0 amide bonds. The van der Waals surface area contributed by atoms with Gasteiger partial charge in [0.1, 0.15) is 5.82 Å². The van der Waals surface area contributed by atoms with Crippen molar-refractivity contribution in [1.82, 2.24) is 5.32 Å². The minimum atomic E-state index is -0.0701. The Bertz CT molecular complexity index is 448. The summed E-state index contributed by atoms with van der Waals surface area (Å²) in [6.45, 7) is 4.99. The molecule has 0 bridgehead atoms. The number of para-hydroxylation sites is 1. The van der Waals surface area contributed by atoms with Crippen LogP contribution in [0.15, 0.2) is 18.2 Å². The van der Waals surface area contributed by atoms with E-state index in [1.165, 1.54) is 32.1 Å². The first-order valence-electron chi connectivity index (χ1n) is 8.49. The lowest BCUT2D eigenvalue weighted by molar-refractivity contribution is 0.277. The molecule has 1 saturated heterocycles. The van der Waals surface area contributed by atoms with Gasteiger partial charge >= 0.3 is 0 Å². The zero-order chi connectivity index (χ0) is 14.7. The molecule has 1 aromatic rings. The van der Waals surface area contributed by atoms with E-state index in [0.717, 1.165) is 43.2 Å². The summed E-state index contributed by atoms with van der Waals surface area (Å²) in [7, 11) is 0. The van der Waals surface area contributed by atoms with Gasteiger partial charge in [-0.15, -0.1) is 0 Å². The first-order valence-corrected chi connectivity index (χ1v) is 8.49. The third-order valence-electron chi connectivity index (χ3n) is 5.15. The van der Waals surface area contributed by atoms with E-state index in [9.17, 15) is 4.39 Å². The van der Waals surface area contributed by atoms with E-state index in [2.05, 4.69) is 10.2 Å². The van der Waals surface area contributed by atoms with Crippen molar-refractivity contribution in [3.8, 4) is 0 Å². The van der Waals surface area contributed by atoms with E-state index in [1.54, 1.807) is 6.07 Å². The van der Waals surface area contributed by atoms with Crippen LogP contribution in [0.5, 0.6) is 0 Å². The van der Waals surface area contributed by atoms with E-state index in [4.69, 9.17) is 0 Å². The highest BCUT2D eigenvalue weighted by molar-refractivity contribution is 5.54. The normalized spacial score (nSPS) is 24.9. The molecule has 1 heterocycles. The van der Waals surface area contributed by atoms with Crippen LogP contribution in [0.4, 0.5) is 10.1 Å². The smallest absolute Gasteiger partial charge is 0.146 e. The Hall–Kier alpha value is -1.09. The topological polar surface area (TPSA) is 15.3 Å². The van der Waals surface area contributed by atoms with E-state index in [-0.39, 0.29) is 5.82 Å². The van der Waals surface area contributed by atoms with Gasteiger partial charge in [-0.3, -0.25) is 0 Å². The third-order valence-corrected chi connectivity index (χ3v) is 5.15. The number of anilines is 1. The Balaban J connectivity index is 1.78. The van der Waals surface area contributed by atoms with Crippen LogP contribution in [-0.2, 0) is 0 Å². The van der Waals surface area contributed by atoms with Gasteiger partial charge in [-0.2, -0.15) is 0 Å². The molecular formula is C18H27FN2. The molecule has 0 aromatic heterocycles. The fourth-order valence-corrected chi connectivity index (χ4v) is 4.03. The Morgan fingerprint density at radius 3 is 2.71 bits per heavy atom. The molecule has 116 valence electrons. The van der Waals surface area contributed by atoms with E-state index in [1.807, 2.05) is 19.1 Å². The van der Waals surface area contributed by atoms with Gasteiger partial charge in [-0.25, -0.2) is 4.39 Å². The predicted octanol–water partition coefficient (Wildman–Crippen LogP) is 3.88. The van der Waals surface area contributed by atoms with Gasteiger partial charge in [0.25, 0.3) is 0 Å². The van der Waals surface area contributed by atoms with Crippen LogP contribution in [0.2, 0.25) is 0 Å². The van der Waals surface area contributed by atoms with Crippen LogP contribution in [-0.4, -0.2) is 25.7 Å². The van der Waals surface area contributed by atoms with Crippen LogP contribution in [0.1, 0.15) is 44.1 Å². The second-order valence-electron chi connectivity index (χ2n) is 6.66. The van der Waals surface area contributed by atoms with Gasteiger partial charge in [-0.1, -0.05) is 31.4 Å². The summed E-state index contributed by atoms with van der Waals surface area (Å²) in [5, 5.41) is 3.73. The summed E-state index contributed by atoms with van der Waals surface area (Å²) in [4.78, 5) is 2.28. The predicted molar refractivity (Wildman–Crippen MR) is 86.3 cm³/mol. The first-order chi connectivity index (χ1) is 10.3. The van der Waals surface area contributed by atoms with Crippen molar-refractivity contribution in [2.75, 3.05) is 24.5 Å². The lowest BCUT2D eigenvalue weighted by Crippen LogP contribution is -2.44. The highest BCUT2D eigenvalue weighted by Crippen LogP contribution is 2.30. The van der Waals surface area contributed by atoms with Crippen molar-refractivity contribution >= 4 is 5.69 Å². The molecule has 2 nitrogen and oxygen atoms in total. The molecular weight excluding hydrogens is 263 g/mol. The number of rotatable bonds is 2. The fourth-order valence-electron chi connectivity index (χ4n) is 4.03. The molecule has 2 fully saturated rings. The molecule has 2 aliphatic rings. The lowest BCUT2D eigenvalue weighted by Gasteiger charge is -2.34. The average molecular weight is 290 g/mol. The zero-order valence-corrected chi connectivity index (χ0v) is 13.1. The van der Waals surface area contributed by atoms with E-state index >= 15 is 0 Å². The zero-order valence-electron chi connectivity index (χ0n) is 13.1. The standard InChI is InChI=1S/C18H27FN2/c1-14-7-5-10-16(19)18(14)21-12-6-11-20-17(13-21)15-8-3-2-4-9-15/h5,7,10,15,17,20H,2-4,6,8-9,11-13H2,1H3. The van der Waals surface area contributed by atoms with Crippen LogP contribution in [0.25, 0.3) is 0 Å². The van der Waals surface area contributed by atoms with Crippen LogP contribution >= 0.6 is 0 Å². The highest BCUT2D eigenvalue weighted by atomic mass is 19.1. The quantitative estimate of drug-likeness (QED) is 0.889. The summed E-state index contributed by atoms with van der Waals surface area (Å²) in [5.74, 6) is 0.700. The molecule has 21 heavy (non-hydrogen) atoms. The molecule has 1 aromatic carbocycles. The number of benzene rings is 1. The first kappa shape index (κ1) is 14.8. The van der Waals surface area contributed by atoms with Crippen molar-refractivity contribution in [1.29, 1.82) is 0 Å². The minimum Gasteiger partial charge on any atom is -0.367 e. The maximum absolute atomic E-state index is 14.3. The van der Waals surface area contributed by atoms with Gasteiger partial charge in [0.2, 0.25) is 0 Å². The van der Waals surface area contributed by atoms with Gasteiger partial charge < -0.3 is 10.2 Å². The number of aryl methyl sites for hydroxylation is 1. The monoisotopic (exact) mass is 290 g/mol. The van der Waals surface area contributed by atoms with Gasteiger partial charge in [0.05, 0.1) is 5.69 Å². The maximum Gasteiger partial charge on any atom is 0.146 e. The van der Waals surface area contributed by atoms with Crippen molar-refractivity contribution in [2.45, 2.75) is 51.5 Å². The second-order valence-corrected chi connectivity index (χ2v) is 6.66. The van der Waals surface area contributed by atoms with Crippen molar-refractivity contribution < 1.29 is 4.39 Å². The van der Waals surface area contributed by atoms with Crippen LogP contribution < -0.4 is 10.2 Å². The summed E-state index contributed by atoms with van der Waals surface area (Å²) >= 11 is 0. The fraction of sp³-hybridized carbons (Fsp3) is 0.667. The van der Waals surface area contributed by atoms with E-state index < -0.39 is 0 Å². The SMILES string of the molecule is Cc1cccc(F)c1N1CCCNC(C2CCCCC2)C1. The van der Waals surface area contributed by atoms with Crippen LogP contribution in [0.3, 0.4) is 0 Å². The summed E-state index contributed by atoms with van der Waals surface area (Å²) < 4.78 is 14.3. The Labute approximate surface area is 127 Å². The number of nitrogens with one attached hydrogen (secondary N) is 1. The molecule has 3 rings (SSSR count). The molecule has 0 spiro atoms. The Morgan fingerprint density at radius 2 is 1.95 bits per heavy atom. The molecule has 1 unspecified atom stereocenters. The summed E-state index contributed by atoms with van der Waals surface area (Å²) in [6.07, 6.45) is 7.88. The summed E-state index contributed by atoms with van der Waals surface area (Å²) in [5.41, 5.74) is 1.88. The third kappa shape index (κ3) is 3.39. The molecule has 3 heteroatoms. The molecule has 1 aliphatic carbocycles. The van der Waals surface area contributed by atoms with Gasteiger partial charge in [-0.05, 0) is 50.3 Å². The Kier molecular flexibility index (Phi) is 4.79. The molecule has 0 radical (unpaired) electrons. The van der Waals surface area contributed by atoms with E-state index in [0.29, 0.717) is 6.04 Å². The van der Waals surface area contributed by atoms with Gasteiger partial charge in [0, 0.05) is 19.1 Å². The van der Waals surface area contributed by atoms with Crippen molar-refractivity contribution in [3.63, 3.8) is 0 Å². The molecule has 1 aliphatic heterocycles. The highest BCUT2D eigenvalue weighted by Gasteiger charge is 2.28. The molecule has 1 atom stereocenters. The van der Waals surface area contributed by atoms with Crippen LogP contribution in [0, 0.1) is 18.7 Å². The Morgan fingerprint density at radius 1 is 1.14 bits per heavy atom. The second kappa shape index (κ2) is 6.78. The largest absolute Gasteiger partial charge is 0.367 e. The number of halogens is 1. The number of hydrogen-bond acceptors (Lipinski definition) is 2. The van der Waals surface area contributed by atoms with Crippen molar-refractivity contribution in [2.24, 2.45) is 5.92 Å². The average Bonchev–Trinajstić information content (AvgIpc) is 2.74. The van der Waals surface area contributed by atoms with Gasteiger partial charge in [0.15, 0.2) is 0 Å². The lowest BCUT2D eigenvalue weighted by atomic mass is 9.83. The molecule has 1 saturated carbocycles. The maximum atomic E-state index is 14.3. The number of nitrogens with zero attached hydrogens (tertiary/aromatic N) is 1. The molecule has 1 N–H and O–H groups in total. The van der Waals surface area contributed by atoms with Crippen molar-refractivity contribution in [3.05, 3.63) is 29.6 Å².